The summed E-state index contributed by atoms with van der Waals surface area (Å²) in [5, 5.41) is 6.03. The number of benzene rings is 2. The maximum atomic E-state index is 12.6. The summed E-state index contributed by atoms with van der Waals surface area (Å²) in [6.45, 7) is 5.88. The van der Waals surface area contributed by atoms with Crippen LogP contribution in [0.3, 0.4) is 0 Å². The molecule has 28 heavy (non-hydrogen) atoms. The van der Waals surface area contributed by atoms with Crippen LogP contribution < -0.4 is 10.6 Å². The van der Waals surface area contributed by atoms with Crippen LogP contribution in [0.2, 0.25) is 0 Å². The summed E-state index contributed by atoms with van der Waals surface area (Å²) in [6.07, 6.45) is 0. The van der Waals surface area contributed by atoms with E-state index in [-0.39, 0.29) is 17.4 Å². The number of Topliss-reactive ketones (excluding diaryl/α,β-unsaturated/α-hetero) is 1. The number of nitrogens with zero attached hydrogens (tertiary/aromatic N) is 2. The Kier molecular flexibility index (Phi) is 5.79. The lowest BCUT2D eigenvalue weighted by Gasteiger charge is -2.11. The molecule has 142 valence electrons. The van der Waals surface area contributed by atoms with Crippen LogP contribution in [0.4, 0.5) is 11.5 Å². The Morgan fingerprint density at radius 2 is 1.75 bits per heavy atom. The molecule has 0 saturated carbocycles. The number of carbonyl (C=O) groups is 2. The van der Waals surface area contributed by atoms with Crippen LogP contribution in [0.5, 0.6) is 0 Å². The summed E-state index contributed by atoms with van der Waals surface area (Å²) in [5.41, 5.74) is 3.68. The van der Waals surface area contributed by atoms with Crippen LogP contribution in [0, 0.1) is 13.8 Å². The fourth-order valence-corrected chi connectivity index (χ4v) is 2.78. The summed E-state index contributed by atoms with van der Waals surface area (Å²) in [7, 11) is 0. The molecule has 3 aromatic rings. The van der Waals surface area contributed by atoms with Gasteiger partial charge in [-0.1, -0.05) is 36.4 Å². The van der Waals surface area contributed by atoms with Gasteiger partial charge in [-0.2, -0.15) is 0 Å². The largest absolute Gasteiger partial charge is 0.366 e. The third-order valence-electron chi connectivity index (χ3n) is 4.32. The Hall–Kier alpha value is -3.54. The van der Waals surface area contributed by atoms with E-state index in [1.165, 1.54) is 12.5 Å². The molecule has 1 heterocycles. The first-order chi connectivity index (χ1) is 13.4. The first kappa shape index (κ1) is 19.2. The molecule has 0 unspecified atom stereocenters. The van der Waals surface area contributed by atoms with Crippen molar-refractivity contribution in [3.8, 4) is 0 Å². The quantitative estimate of drug-likeness (QED) is 0.633. The Morgan fingerprint density at radius 1 is 0.964 bits per heavy atom. The number of amides is 1. The Labute approximate surface area is 164 Å². The minimum Gasteiger partial charge on any atom is -0.366 e. The molecule has 6 heteroatoms. The first-order valence-corrected chi connectivity index (χ1v) is 8.99. The number of aromatic nitrogens is 2. The molecule has 0 aliphatic rings. The van der Waals surface area contributed by atoms with Gasteiger partial charge < -0.3 is 10.6 Å². The third kappa shape index (κ3) is 4.79. The maximum Gasteiger partial charge on any atom is 0.274 e. The number of hydrogen-bond acceptors (Lipinski definition) is 5. The van der Waals surface area contributed by atoms with E-state index in [2.05, 4.69) is 33.6 Å². The van der Waals surface area contributed by atoms with Gasteiger partial charge >= 0.3 is 0 Å². The van der Waals surface area contributed by atoms with Crippen molar-refractivity contribution in [1.82, 2.24) is 9.97 Å². The van der Waals surface area contributed by atoms with Crippen molar-refractivity contribution >= 4 is 23.2 Å². The van der Waals surface area contributed by atoms with E-state index in [0.29, 0.717) is 29.4 Å². The zero-order chi connectivity index (χ0) is 20.1. The maximum absolute atomic E-state index is 12.6. The first-order valence-electron chi connectivity index (χ1n) is 8.99. The van der Waals surface area contributed by atoms with E-state index < -0.39 is 0 Å². The smallest absolute Gasteiger partial charge is 0.274 e. The topological polar surface area (TPSA) is 84.0 Å². The summed E-state index contributed by atoms with van der Waals surface area (Å²) in [5.74, 6) is 0.664. The monoisotopic (exact) mass is 374 g/mol. The lowest BCUT2D eigenvalue weighted by molar-refractivity contribution is 0.100. The van der Waals surface area contributed by atoms with E-state index in [4.69, 9.17) is 0 Å². The highest BCUT2D eigenvalue weighted by Crippen LogP contribution is 2.15. The molecule has 6 nitrogen and oxygen atoms in total. The Morgan fingerprint density at radius 3 is 2.50 bits per heavy atom. The second-order valence-corrected chi connectivity index (χ2v) is 6.56. The SMILES string of the molecule is CC(=O)c1cccc(NC(=O)c2cc(NCc3ccccc3C)nc(C)n2)c1. The number of aryl methyl sites for hydroxylation is 2. The number of ketones is 1. The summed E-state index contributed by atoms with van der Waals surface area (Å²) in [6, 6.07) is 16.5. The van der Waals surface area contributed by atoms with Gasteiger partial charge in [0.1, 0.15) is 17.3 Å². The van der Waals surface area contributed by atoms with E-state index in [1.807, 2.05) is 18.2 Å². The van der Waals surface area contributed by atoms with Gasteiger partial charge in [0.25, 0.3) is 5.91 Å². The molecule has 0 radical (unpaired) electrons. The van der Waals surface area contributed by atoms with E-state index >= 15 is 0 Å². The average Bonchev–Trinajstić information content (AvgIpc) is 2.67. The molecule has 0 atom stereocenters. The van der Waals surface area contributed by atoms with Gasteiger partial charge in [-0.05, 0) is 44.0 Å². The van der Waals surface area contributed by atoms with E-state index in [1.54, 1.807) is 37.3 Å². The molecule has 2 N–H and O–H groups in total. The van der Waals surface area contributed by atoms with Gasteiger partial charge in [0.15, 0.2) is 5.78 Å². The van der Waals surface area contributed by atoms with Crippen LogP contribution in [0.1, 0.15) is 44.7 Å². The van der Waals surface area contributed by atoms with Crippen LogP contribution in [-0.2, 0) is 6.54 Å². The zero-order valence-electron chi connectivity index (χ0n) is 16.1. The highest BCUT2D eigenvalue weighted by atomic mass is 16.2. The fraction of sp³-hybridized carbons (Fsp3) is 0.182. The summed E-state index contributed by atoms with van der Waals surface area (Å²) >= 11 is 0. The van der Waals surface area contributed by atoms with Crippen molar-refractivity contribution in [2.24, 2.45) is 0 Å². The van der Waals surface area contributed by atoms with Crippen molar-refractivity contribution in [3.63, 3.8) is 0 Å². The highest BCUT2D eigenvalue weighted by Gasteiger charge is 2.12. The second-order valence-electron chi connectivity index (χ2n) is 6.56. The van der Waals surface area contributed by atoms with Gasteiger partial charge in [0.2, 0.25) is 0 Å². The summed E-state index contributed by atoms with van der Waals surface area (Å²) < 4.78 is 0. The molecular weight excluding hydrogens is 352 g/mol. The van der Waals surface area contributed by atoms with Crippen molar-refractivity contribution in [3.05, 3.63) is 82.8 Å². The van der Waals surface area contributed by atoms with Crippen LogP contribution in [0.25, 0.3) is 0 Å². The fourth-order valence-electron chi connectivity index (χ4n) is 2.78. The number of anilines is 2. The predicted octanol–water partition coefficient (Wildman–Crippen LogP) is 4.16. The number of hydrogen-bond donors (Lipinski definition) is 2. The highest BCUT2D eigenvalue weighted by molar-refractivity contribution is 6.04. The molecule has 0 aliphatic heterocycles. The molecule has 0 aliphatic carbocycles. The van der Waals surface area contributed by atoms with Gasteiger partial charge in [0.05, 0.1) is 0 Å². The molecule has 2 aromatic carbocycles. The van der Waals surface area contributed by atoms with Gasteiger partial charge in [0, 0.05) is 23.9 Å². The number of rotatable bonds is 6. The molecule has 3 rings (SSSR count). The third-order valence-corrected chi connectivity index (χ3v) is 4.32. The zero-order valence-corrected chi connectivity index (χ0v) is 16.1. The van der Waals surface area contributed by atoms with E-state index in [0.717, 1.165) is 5.56 Å². The van der Waals surface area contributed by atoms with Crippen LogP contribution >= 0.6 is 0 Å². The Balaban J connectivity index is 1.75. The minimum absolute atomic E-state index is 0.0586. The van der Waals surface area contributed by atoms with Crippen molar-refractivity contribution in [2.45, 2.75) is 27.3 Å². The average molecular weight is 374 g/mol. The molecule has 0 fully saturated rings. The van der Waals surface area contributed by atoms with Crippen molar-refractivity contribution in [2.75, 3.05) is 10.6 Å². The molecule has 0 bridgehead atoms. The second kappa shape index (κ2) is 8.43. The standard InChI is InChI=1S/C22H22N4O2/c1-14-7-4-5-8-18(14)13-23-21-12-20(24-16(3)25-21)22(28)26-19-10-6-9-17(11-19)15(2)27/h4-12H,13H2,1-3H3,(H,26,28)(H,23,24,25). The predicted molar refractivity (Wildman–Crippen MR) is 110 cm³/mol. The lowest BCUT2D eigenvalue weighted by atomic mass is 10.1. The molecule has 1 aromatic heterocycles. The van der Waals surface area contributed by atoms with Crippen LogP contribution in [0.15, 0.2) is 54.6 Å². The lowest BCUT2D eigenvalue weighted by Crippen LogP contribution is -2.16. The van der Waals surface area contributed by atoms with Gasteiger partial charge in [-0.15, -0.1) is 0 Å². The van der Waals surface area contributed by atoms with E-state index in [9.17, 15) is 9.59 Å². The van der Waals surface area contributed by atoms with Gasteiger partial charge in [-0.25, -0.2) is 9.97 Å². The molecular formula is C22H22N4O2. The minimum atomic E-state index is -0.356. The molecule has 1 amide bonds. The van der Waals surface area contributed by atoms with Crippen molar-refractivity contribution < 1.29 is 9.59 Å². The number of nitrogens with one attached hydrogen (secondary N) is 2. The molecule has 0 spiro atoms. The van der Waals surface area contributed by atoms with Gasteiger partial charge in [-0.3, -0.25) is 9.59 Å². The molecule has 0 saturated heterocycles. The summed E-state index contributed by atoms with van der Waals surface area (Å²) in [4.78, 5) is 32.7. The normalized spacial score (nSPS) is 10.4. The number of carbonyl (C=O) groups excluding carboxylic acids is 2. The van der Waals surface area contributed by atoms with Crippen LogP contribution in [-0.4, -0.2) is 21.7 Å². The van der Waals surface area contributed by atoms with Crippen molar-refractivity contribution in [1.29, 1.82) is 0 Å². The Bertz CT molecular complexity index is 1030.